The first-order chi connectivity index (χ1) is 22.8. The molecule has 1 nitrogen and oxygen atoms in total. The average molecular weight is 750 g/mol. The van der Waals surface area contributed by atoms with Crippen molar-refractivity contribution < 1.29 is 20.4 Å². The molecule has 4 aromatic rings. The smallest absolute Gasteiger partial charge is 0.406 e. The number of benzene rings is 4. The molecule has 0 bridgehead atoms. The van der Waals surface area contributed by atoms with Gasteiger partial charge >= 0.3 is 20.4 Å². The van der Waals surface area contributed by atoms with Gasteiger partial charge in [0.25, 0.3) is 0 Å². The Morgan fingerprint density at radius 3 is 1.67 bits per heavy atom. The van der Waals surface area contributed by atoms with Crippen molar-refractivity contribution in [3.05, 3.63) is 108 Å². The Bertz CT molecular complexity index is 1500. The maximum Gasteiger partial charge on any atom is 2.00 e. The molecule has 0 amide bonds. The molecule has 2 aliphatic rings. The van der Waals surface area contributed by atoms with Crippen LogP contribution in [0.1, 0.15) is 140 Å². The Hall–Kier alpha value is -2.23. The van der Waals surface area contributed by atoms with Gasteiger partial charge in [-0.05, 0) is 72.1 Å². The van der Waals surface area contributed by atoms with Crippen molar-refractivity contribution in [1.82, 2.24) is 0 Å². The van der Waals surface area contributed by atoms with Crippen molar-refractivity contribution in [2.45, 2.75) is 135 Å². The second-order valence-corrected chi connectivity index (χ2v) is 17.6. The molecule has 2 saturated carbocycles. The first kappa shape index (κ1) is 38.6. The third kappa shape index (κ3) is 9.51. The van der Waals surface area contributed by atoms with Gasteiger partial charge in [0.05, 0.1) is 0 Å². The Morgan fingerprint density at radius 2 is 1.17 bits per heavy atom. The Kier molecular flexibility index (Phi) is 15.0. The molecule has 0 atom stereocenters. The van der Waals surface area contributed by atoms with E-state index >= 15 is 0 Å². The largest absolute Gasteiger partial charge is 2.00 e. The van der Waals surface area contributed by atoms with E-state index in [4.69, 9.17) is 5.73 Å². The minimum Gasteiger partial charge on any atom is -0.406 e. The van der Waals surface area contributed by atoms with Crippen LogP contribution in [0.4, 0.5) is 5.69 Å². The molecule has 0 heterocycles. The van der Waals surface area contributed by atoms with Crippen LogP contribution >= 0.6 is 7.92 Å². The van der Waals surface area contributed by atoms with E-state index in [0.717, 1.165) is 28.1 Å². The van der Waals surface area contributed by atoms with Crippen molar-refractivity contribution in [2.75, 3.05) is 5.73 Å². The SMILES string of the molecule is CC(C)c1cc(C(C)C)c(-c2[c-]cccc2P(C2CCCCC2)C2CCCCC2)c(C(C)C)c1.Nc1ccccc1-c1[c-]cccc1.[Pd+2]. The van der Waals surface area contributed by atoms with E-state index in [1.165, 1.54) is 80.9 Å². The normalized spacial score (nSPS) is 15.8. The fraction of sp³-hybridized carbons (Fsp3) is 0.467. The molecule has 0 saturated heterocycles. The molecular weight excluding hydrogens is 692 g/mol. The van der Waals surface area contributed by atoms with Gasteiger partial charge in [-0.15, -0.1) is 79.0 Å². The second kappa shape index (κ2) is 18.7. The van der Waals surface area contributed by atoms with Gasteiger partial charge < -0.3 is 5.73 Å². The summed E-state index contributed by atoms with van der Waals surface area (Å²) in [6.45, 7) is 14.2. The molecule has 2 fully saturated rings. The zero-order valence-electron chi connectivity index (χ0n) is 30.3. The molecule has 0 spiro atoms. The molecule has 0 aliphatic heterocycles. The maximum atomic E-state index is 5.83. The van der Waals surface area contributed by atoms with Crippen LogP contribution in [0, 0.1) is 12.1 Å². The number of anilines is 1. The van der Waals surface area contributed by atoms with Crippen molar-refractivity contribution in [3.63, 3.8) is 0 Å². The zero-order valence-corrected chi connectivity index (χ0v) is 32.8. The standard InChI is InChI=1S/C33H48P.C12H10N.Pd/c1-23(2)26-21-30(24(3)4)33(31(22-26)25(5)6)29-19-13-14-20-32(29)34(27-15-9-7-10-16-27)28-17-11-8-12-18-28;13-12-9-5-4-8-11(12)10-6-2-1-3-7-10;/h13-14,20-25,27-28H,7-12,15-18H2,1-6H3;1-6,8-9H,13H2;/q2*-1;+2. The summed E-state index contributed by atoms with van der Waals surface area (Å²) in [5.41, 5.74) is 18.1. The fourth-order valence-electron chi connectivity index (χ4n) is 7.80. The Labute approximate surface area is 308 Å². The summed E-state index contributed by atoms with van der Waals surface area (Å²) in [6.07, 6.45) is 14.5. The van der Waals surface area contributed by atoms with E-state index in [1.54, 1.807) is 16.4 Å². The van der Waals surface area contributed by atoms with Crippen molar-refractivity contribution in [1.29, 1.82) is 0 Å². The summed E-state index contributed by atoms with van der Waals surface area (Å²) in [6, 6.07) is 34.7. The third-order valence-electron chi connectivity index (χ3n) is 10.4. The average Bonchev–Trinajstić information content (AvgIpc) is 3.10. The van der Waals surface area contributed by atoms with Crippen LogP contribution in [0.5, 0.6) is 0 Å². The minimum atomic E-state index is -0.151. The molecule has 0 aromatic heterocycles. The Balaban J connectivity index is 0.000000310. The number of nitrogens with two attached hydrogens (primary N) is 1. The van der Waals surface area contributed by atoms with Gasteiger partial charge in [-0.25, -0.2) is 0 Å². The number of nitrogen functional groups attached to an aromatic ring is 1. The maximum absolute atomic E-state index is 5.83. The van der Waals surface area contributed by atoms with Gasteiger partial charge in [-0.2, -0.15) is 0 Å². The van der Waals surface area contributed by atoms with Crippen molar-refractivity contribution in [3.8, 4) is 22.3 Å². The quantitative estimate of drug-likeness (QED) is 0.0825. The van der Waals surface area contributed by atoms with Crippen LogP contribution in [0.15, 0.2) is 78.9 Å². The summed E-state index contributed by atoms with van der Waals surface area (Å²) in [7, 11) is -0.151. The van der Waals surface area contributed by atoms with Gasteiger partial charge in [0, 0.05) is 0 Å². The summed E-state index contributed by atoms with van der Waals surface area (Å²) in [4.78, 5) is 0. The molecule has 6 rings (SSSR count). The summed E-state index contributed by atoms with van der Waals surface area (Å²) in [5.74, 6) is 1.59. The monoisotopic (exact) mass is 749 g/mol. The minimum absolute atomic E-state index is 0. The second-order valence-electron chi connectivity index (χ2n) is 14.8. The molecule has 0 radical (unpaired) electrons. The van der Waals surface area contributed by atoms with Crippen molar-refractivity contribution >= 4 is 18.9 Å². The van der Waals surface area contributed by atoms with Crippen LogP contribution in [-0.2, 0) is 20.4 Å². The van der Waals surface area contributed by atoms with E-state index < -0.39 is 0 Å². The molecule has 4 aromatic carbocycles. The topological polar surface area (TPSA) is 26.0 Å². The number of hydrogen-bond acceptors (Lipinski definition) is 1. The molecule has 3 heteroatoms. The number of hydrogen-bond donors (Lipinski definition) is 1. The fourth-order valence-corrected chi connectivity index (χ4v) is 11.7. The van der Waals surface area contributed by atoms with Gasteiger partial charge in [0.15, 0.2) is 0 Å². The van der Waals surface area contributed by atoms with Crippen molar-refractivity contribution in [2.24, 2.45) is 0 Å². The number of rotatable bonds is 8. The van der Waals surface area contributed by atoms with E-state index in [2.05, 4.69) is 84.0 Å². The van der Waals surface area contributed by atoms with Crippen LogP contribution < -0.4 is 11.0 Å². The molecule has 0 unspecified atom stereocenters. The van der Waals surface area contributed by atoms with Gasteiger partial charge in [0.2, 0.25) is 0 Å². The Morgan fingerprint density at radius 1 is 0.625 bits per heavy atom. The van der Waals surface area contributed by atoms with Crippen LogP contribution in [0.25, 0.3) is 22.3 Å². The van der Waals surface area contributed by atoms with Gasteiger partial charge in [-0.3, -0.25) is 0 Å². The van der Waals surface area contributed by atoms with E-state index in [0.29, 0.717) is 17.8 Å². The third-order valence-corrected chi connectivity index (χ3v) is 13.9. The summed E-state index contributed by atoms with van der Waals surface area (Å²) < 4.78 is 0. The zero-order chi connectivity index (χ0) is 33.3. The van der Waals surface area contributed by atoms with Gasteiger partial charge in [0.1, 0.15) is 0 Å². The predicted molar refractivity (Wildman–Crippen MR) is 208 cm³/mol. The van der Waals surface area contributed by atoms with Gasteiger partial charge in [-0.1, -0.05) is 133 Å². The molecule has 2 N–H and O–H groups in total. The van der Waals surface area contributed by atoms with E-state index in [9.17, 15) is 0 Å². The first-order valence-corrected chi connectivity index (χ1v) is 20.0. The predicted octanol–water partition coefficient (Wildman–Crippen LogP) is 13.0. The summed E-state index contributed by atoms with van der Waals surface area (Å²) >= 11 is 0. The molecule has 2 aliphatic carbocycles. The molecule has 258 valence electrons. The summed E-state index contributed by atoms with van der Waals surface area (Å²) in [5, 5.41) is 1.69. The van der Waals surface area contributed by atoms with Crippen LogP contribution in [-0.4, -0.2) is 11.3 Å². The molecular formula is C45H58NPPd. The molecule has 48 heavy (non-hydrogen) atoms. The van der Waals surface area contributed by atoms with E-state index in [1.807, 2.05) is 48.5 Å². The van der Waals surface area contributed by atoms with E-state index in [-0.39, 0.29) is 28.3 Å². The first-order valence-electron chi connectivity index (χ1n) is 18.5. The van der Waals surface area contributed by atoms with Crippen LogP contribution in [0.3, 0.4) is 0 Å². The van der Waals surface area contributed by atoms with Crippen LogP contribution in [0.2, 0.25) is 0 Å². The number of para-hydroxylation sites is 1.